The first-order chi connectivity index (χ1) is 14.1. The number of aromatic hydroxyl groups is 1. The van der Waals surface area contributed by atoms with E-state index in [-0.39, 0.29) is 0 Å². The second-order valence-corrected chi connectivity index (χ2v) is 7.82. The molecule has 3 aromatic rings. The molecule has 0 radical (unpaired) electrons. The van der Waals surface area contributed by atoms with E-state index in [4.69, 9.17) is 0 Å². The Bertz CT molecular complexity index is 935. The molecule has 4 N–H and O–H groups in total. The quantitative estimate of drug-likeness (QED) is 0.471. The number of benzene rings is 2. The second-order valence-electron chi connectivity index (χ2n) is 7.82. The number of rotatable bonds is 6. The standard InChI is InChI=1S/C23H29N5O/c1-16-12-18(13-17(2)23(16)29)15-24-21-14-22(27-26-21)25-19-6-8-20(9-7-19)28-10-4-3-5-11-28/h6-9,12-14,29H,3-5,10-11,15H2,1-2H3,(H3,24,25,26,27). The average Bonchev–Trinajstić information content (AvgIpc) is 3.19. The molecule has 1 saturated heterocycles. The minimum absolute atomic E-state index is 0.367. The molecule has 0 unspecified atom stereocenters. The number of hydrogen-bond donors (Lipinski definition) is 4. The number of phenols is 1. The molecule has 1 aliphatic heterocycles. The first-order valence-electron chi connectivity index (χ1n) is 10.3. The van der Waals surface area contributed by atoms with Crippen LogP contribution in [0, 0.1) is 13.8 Å². The molecule has 2 aromatic carbocycles. The molecule has 1 aromatic heterocycles. The average molecular weight is 392 g/mol. The Balaban J connectivity index is 1.34. The van der Waals surface area contributed by atoms with Crippen LogP contribution in [0.1, 0.15) is 36.0 Å². The summed E-state index contributed by atoms with van der Waals surface area (Å²) in [4.78, 5) is 2.46. The molecule has 0 saturated carbocycles. The highest BCUT2D eigenvalue weighted by Crippen LogP contribution is 2.25. The van der Waals surface area contributed by atoms with E-state index in [1.807, 2.05) is 32.0 Å². The molecular weight excluding hydrogens is 362 g/mol. The van der Waals surface area contributed by atoms with E-state index in [0.29, 0.717) is 12.3 Å². The zero-order chi connectivity index (χ0) is 20.2. The van der Waals surface area contributed by atoms with Crippen molar-refractivity contribution in [3.8, 4) is 5.75 Å². The molecule has 152 valence electrons. The summed E-state index contributed by atoms with van der Waals surface area (Å²) in [5.41, 5.74) is 5.22. The third-order valence-electron chi connectivity index (χ3n) is 5.47. The van der Waals surface area contributed by atoms with Gasteiger partial charge in [0.1, 0.15) is 17.4 Å². The number of anilines is 4. The predicted molar refractivity (Wildman–Crippen MR) is 119 cm³/mol. The van der Waals surface area contributed by atoms with E-state index >= 15 is 0 Å². The number of nitrogens with one attached hydrogen (secondary N) is 3. The molecule has 6 nitrogen and oxygen atoms in total. The van der Waals surface area contributed by atoms with E-state index < -0.39 is 0 Å². The lowest BCUT2D eigenvalue weighted by molar-refractivity contribution is 0.466. The molecule has 1 fully saturated rings. The van der Waals surface area contributed by atoms with Gasteiger partial charge in [0.05, 0.1) is 0 Å². The summed E-state index contributed by atoms with van der Waals surface area (Å²) < 4.78 is 0. The Hall–Kier alpha value is -3.15. The van der Waals surface area contributed by atoms with Crippen LogP contribution in [-0.4, -0.2) is 28.4 Å². The highest BCUT2D eigenvalue weighted by atomic mass is 16.3. The smallest absolute Gasteiger partial charge is 0.150 e. The molecule has 1 aliphatic rings. The Morgan fingerprint density at radius 2 is 1.69 bits per heavy atom. The number of hydrogen-bond acceptors (Lipinski definition) is 5. The van der Waals surface area contributed by atoms with Crippen LogP contribution in [-0.2, 0) is 6.54 Å². The van der Waals surface area contributed by atoms with Gasteiger partial charge in [0, 0.05) is 37.1 Å². The van der Waals surface area contributed by atoms with E-state index in [2.05, 4.69) is 50.0 Å². The SMILES string of the molecule is Cc1cc(CNc2cc(Nc3ccc(N4CCCCC4)cc3)[nH]n2)cc(C)c1O. The minimum atomic E-state index is 0.367. The summed E-state index contributed by atoms with van der Waals surface area (Å²) in [6.07, 6.45) is 3.92. The molecule has 29 heavy (non-hydrogen) atoms. The molecule has 4 rings (SSSR count). The molecular formula is C23H29N5O. The zero-order valence-corrected chi connectivity index (χ0v) is 17.1. The van der Waals surface area contributed by atoms with E-state index in [9.17, 15) is 5.11 Å². The lowest BCUT2D eigenvalue weighted by atomic mass is 10.1. The van der Waals surface area contributed by atoms with Gasteiger partial charge in [0.25, 0.3) is 0 Å². The van der Waals surface area contributed by atoms with Gasteiger partial charge in [-0.3, -0.25) is 5.10 Å². The van der Waals surface area contributed by atoms with Gasteiger partial charge in [-0.05, 0) is 74.1 Å². The molecule has 0 spiro atoms. The Kier molecular flexibility index (Phi) is 5.60. The van der Waals surface area contributed by atoms with Gasteiger partial charge >= 0.3 is 0 Å². The van der Waals surface area contributed by atoms with Gasteiger partial charge in [-0.2, -0.15) is 5.10 Å². The van der Waals surface area contributed by atoms with Crippen LogP contribution in [0.3, 0.4) is 0 Å². The summed E-state index contributed by atoms with van der Waals surface area (Å²) >= 11 is 0. The maximum Gasteiger partial charge on any atom is 0.150 e. The van der Waals surface area contributed by atoms with Crippen LogP contribution in [0.2, 0.25) is 0 Å². The molecule has 0 bridgehead atoms. The molecule has 0 atom stereocenters. The lowest BCUT2D eigenvalue weighted by Gasteiger charge is -2.28. The second kappa shape index (κ2) is 8.47. The normalized spacial score (nSPS) is 14.1. The number of nitrogens with zero attached hydrogens (tertiary/aromatic N) is 2. The van der Waals surface area contributed by atoms with Gasteiger partial charge in [-0.15, -0.1) is 0 Å². The minimum Gasteiger partial charge on any atom is -0.507 e. The third kappa shape index (κ3) is 4.65. The fraction of sp³-hybridized carbons (Fsp3) is 0.348. The Morgan fingerprint density at radius 1 is 1.00 bits per heavy atom. The van der Waals surface area contributed by atoms with Crippen molar-refractivity contribution < 1.29 is 5.11 Å². The van der Waals surface area contributed by atoms with Crippen LogP contribution in [0.25, 0.3) is 0 Å². The van der Waals surface area contributed by atoms with E-state index in [1.54, 1.807) is 0 Å². The summed E-state index contributed by atoms with van der Waals surface area (Å²) in [6, 6.07) is 14.5. The molecule has 6 heteroatoms. The summed E-state index contributed by atoms with van der Waals surface area (Å²) in [6.45, 7) is 6.79. The van der Waals surface area contributed by atoms with Crippen molar-refractivity contribution in [2.45, 2.75) is 39.7 Å². The fourth-order valence-electron chi connectivity index (χ4n) is 3.88. The van der Waals surface area contributed by atoms with Crippen LogP contribution >= 0.6 is 0 Å². The first-order valence-corrected chi connectivity index (χ1v) is 10.3. The number of aryl methyl sites for hydroxylation is 2. The topological polar surface area (TPSA) is 76.2 Å². The third-order valence-corrected chi connectivity index (χ3v) is 5.47. The van der Waals surface area contributed by atoms with Crippen molar-refractivity contribution >= 4 is 23.0 Å². The van der Waals surface area contributed by atoms with Gasteiger partial charge in [-0.1, -0.05) is 12.1 Å². The van der Waals surface area contributed by atoms with Crippen molar-refractivity contribution in [2.24, 2.45) is 0 Å². The maximum atomic E-state index is 9.90. The van der Waals surface area contributed by atoms with Crippen molar-refractivity contribution in [1.82, 2.24) is 10.2 Å². The van der Waals surface area contributed by atoms with Gasteiger partial charge < -0.3 is 20.6 Å². The molecule has 0 amide bonds. The molecule has 2 heterocycles. The molecule has 0 aliphatic carbocycles. The Morgan fingerprint density at radius 3 is 2.38 bits per heavy atom. The summed E-state index contributed by atoms with van der Waals surface area (Å²) in [5.74, 6) is 1.99. The highest BCUT2D eigenvalue weighted by Gasteiger charge is 2.11. The van der Waals surface area contributed by atoms with Crippen molar-refractivity contribution in [2.75, 3.05) is 28.6 Å². The first kappa shape index (κ1) is 19.2. The van der Waals surface area contributed by atoms with Crippen LogP contribution in [0.15, 0.2) is 42.5 Å². The summed E-state index contributed by atoms with van der Waals surface area (Å²) in [7, 11) is 0. The Labute approximate surface area is 172 Å². The number of piperidine rings is 1. The summed E-state index contributed by atoms with van der Waals surface area (Å²) in [5, 5.41) is 23.9. The monoisotopic (exact) mass is 391 g/mol. The number of aromatic nitrogens is 2. The van der Waals surface area contributed by atoms with E-state index in [1.165, 1.54) is 24.9 Å². The van der Waals surface area contributed by atoms with Crippen LogP contribution < -0.4 is 15.5 Å². The van der Waals surface area contributed by atoms with Gasteiger partial charge in [0.15, 0.2) is 0 Å². The highest BCUT2D eigenvalue weighted by molar-refractivity contribution is 5.62. The predicted octanol–water partition coefficient (Wildman–Crippen LogP) is 5.08. The van der Waals surface area contributed by atoms with E-state index in [0.717, 1.165) is 47.1 Å². The fourth-order valence-corrected chi connectivity index (χ4v) is 3.88. The van der Waals surface area contributed by atoms with Gasteiger partial charge in [-0.25, -0.2) is 0 Å². The van der Waals surface area contributed by atoms with Gasteiger partial charge in [0.2, 0.25) is 0 Å². The number of phenolic OH excluding ortho intramolecular Hbond substituents is 1. The van der Waals surface area contributed by atoms with Crippen LogP contribution in [0.5, 0.6) is 5.75 Å². The largest absolute Gasteiger partial charge is 0.507 e. The maximum absolute atomic E-state index is 9.90. The lowest BCUT2D eigenvalue weighted by Crippen LogP contribution is -2.29. The van der Waals surface area contributed by atoms with Crippen LogP contribution in [0.4, 0.5) is 23.0 Å². The van der Waals surface area contributed by atoms with Crippen molar-refractivity contribution in [3.63, 3.8) is 0 Å². The number of H-pyrrole nitrogens is 1. The van der Waals surface area contributed by atoms with Crippen molar-refractivity contribution in [3.05, 3.63) is 59.2 Å². The number of aromatic amines is 1. The zero-order valence-electron chi connectivity index (χ0n) is 17.1. The van der Waals surface area contributed by atoms with Crippen molar-refractivity contribution in [1.29, 1.82) is 0 Å².